The predicted octanol–water partition coefficient (Wildman–Crippen LogP) is 2.66. The molecule has 0 spiro atoms. The maximum absolute atomic E-state index is 13.1. The summed E-state index contributed by atoms with van der Waals surface area (Å²) < 4.78 is 31.7. The van der Waals surface area contributed by atoms with E-state index in [0.717, 1.165) is 0 Å². The van der Waals surface area contributed by atoms with E-state index < -0.39 is 30.8 Å². The summed E-state index contributed by atoms with van der Waals surface area (Å²) in [7, 11) is 0. The third kappa shape index (κ3) is 4.67. The minimum atomic E-state index is -2.82. The molecule has 0 radical (unpaired) electrons. The zero-order chi connectivity index (χ0) is 15.5. The van der Waals surface area contributed by atoms with Gasteiger partial charge in [0.05, 0.1) is 19.2 Å². The van der Waals surface area contributed by atoms with Crippen molar-refractivity contribution in [3.63, 3.8) is 0 Å². The standard InChI is InChI=1S/C15H20F2N2O2/c1-10(2)8-21-12-5-3-4-11(6-12)19-14(20)13-7-15(16,17)9-18-13/h3-6,10,13,18H,7-9H2,1-2H3,(H,19,20). The Hall–Kier alpha value is -1.69. The van der Waals surface area contributed by atoms with Crippen LogP contribution in [0.25, 0.3) is 0 Å². The maximum Gasteiger partial charge on any atom is 0.262 e. The van der Waals surface area contributed by atoms with Crippen molar-refractivity contribution in [3.05, 3.63) is 24.3 Å². The van der Waals surface area contributed by atoms with Crippen molar-refractivity contribution in [2.45, 2.75) is 32.2 Å². The van der Waals surface area contributed by atoms with Crippen LogP contribution in [0.15, 0.2) is 24.3 Å². The molecule has 6 heteroatoms. The van der Waals surface area contributed by atoms with Gasteiger partial charge in [-0.05, 0) is 18.1 Å². The van der Waals surface area contributed by atoms with Gasteiger partial charge in [0.2, 0.25) is 5.91 Å². The van der Waals surface area contributed by atoms with E-state index >= 15 is 0 Å². The number of halogens is 2. The maximum atomic E-state index is 13.1. The van der Waals surface area contributed by atoms with Crippen molar-refractivity contribution in [3.8, 4) is 5.75 Å². The predicted molar refractivity (Wildman–Crippen MR) is 76.8 cm³/mol. The Morgan fingerprint density at radius 1 is 1.52 bits per heavy atom. The van der Waals surface area contributed by atoms with Crippen LogP contribution in [0.5, 0.6) is 5.75 Å². The molecule has 1 aromatic rings. The van der Waals surface area contributed by atoms with Crippen LogP contribution in [0.3, 0.4) is 0 Å². The van der Waals surface area contributed by atoms with Gasteiger partial charge in [-0.3, -0.25) is 10.1 Å². The molecule has 1 heterocycles. The van der Waals surface area contributed by atoms with E-state index in [1.165, 1.54) is 0 Å². The van der Waals surface area contributed by atoms with Gasteiger partial charge in [-0.2, -0.15) is 0 Å². The number of anilines is 1. The summed E-state index contributed by atoms with van der Waals surface area (Å²) in [4.78, 5) is 11.9. The molecule has 0 saturated carbocycles. The molecule has 21 heavy (non-hydrogen) atoms. The fraction of sp³-hybridized carbons (Fsp3) is 0.533. The van der Waals surface area contributed by atoms with E-state index in [9.17, 15) is 13.6 Å². The topological polar surface area (TPSA) is 50.4 Å². The number of nitrogens with one attached hydrogen (secondary N) is 2. The van der Waals surface area contributed by atoms with Gasteiger partial charge in [0, 0.05) is 18.2 Å². The van der Waals surface area contributed by atoms with Gasteiger partial charge in [-0.15, -0.1) is 0 Å². The van der Waals surface area contributed by atoms with E-state index in [2.05, 4.69) is 10.6 Å². The molecule has 0 aliphatic carbocycles. The van der Waals surface area contributed by atoms with Gasteiger partial charge in [0.15, 0.2) is 0 Å². The molecule has 1 aliphatic heterocycles. The van der Waals surface area contributed by atoms with Gasteiger partial charge >= 0.3 is 0 Å². The largest absolute Gasteiger partial charge is 0.493 e. The number of benzene rings is 1. The highest BCUT2D eigenvalue weighted by molar-refractivity contribution is 5.95. The third-order valence-corrected chi connectivity index (χ3v) is 3.11. The molecule has 1 atom stereocenters. The first kappa shape index (κ1) is 15.7. The van der Waals surface area contributed by atoms with Crippen LogP contribution in [0.2, 0.25) is 0 Å². The third-order valence-electron chi connectivity index (χ3n) is 3.11. The van der Waals surface area contributed by atoms with E-state index in [0.29, 0.717) is 24.0 Å². The first-order valence-corrected chi connectivity index (χ1v) is 7.01. The lowest BCUT2D eigenvalue weighted by molar-refractivity contribution is -0.118. The van der Waals surface area contributed by atoms with Crippen LogP contribution in [0, 0.1) is 5.92 Å². The Bertz CT molecular complexity index is 506. The van der Waals surface area contributed by atoms with Gasteiger partial charge < -0.3 is 10.1 Å². The Morgan fingerprint density at radius 3 is 2.90 bits per heavy atom. The Balaban J connectivity index is 1.93. The van der Waals surface area contributed by atoms with Gasteiger partial charge in [0.25, 0.3) is 5.92 Å². The highest BCUT2D eigenvalue weighted by Gasteiger charge is 2.42. The lowest BCUT2D eigenvalue weighted by Crippen LogP contribution is -2.35. The molecule has 1 unspecified atom stereocenters. The fourth-order valence-corrected chi connectivity index (χ4v) is 2.06. The SMILES string of the molecule is CC(C)COc1cccc(NC(=O)C2CC(F)(F)CN2)c1. The molecule has 1 aliphatic rings. The quantitative estimate of drug-likeness (QED) is 0.878. The molecule has 2 rings (SSSR count). The van der Waals surface area contributed by atoms with Crippen LogP contribution in [-0.4, -0.2) is 31.0 Å². The zero-order valence-electron chi connectivity index (χ0n) is 12.2. The first-order chi connectivity index (χ1) is 9.85. The minimum Gasteiger partial charge on any atom is -0.493 e. The smallest absolute Gasteiger partial charge is 0.262 e. The second kappa shape index (κ2) is 6.39. The monoisotopic (exact) mass is 298 g/mol. The second-order valence-electron chi connectivity index (χ2n) is 5.72. The lowest BCUT2D eigenvalue weighted by atomic mass is 10.2. The summed E-state index contributed by atoms with van der Waals surface area (Å²) in [6.45, 7) is 4.20. The number of carbonyl (C=O) groups is 1. The van der Waals surface area contributed by atoms with Crippen LogP contribution in [-0.2, 0) is 4.79 Å². The summed E-state index contributed by atoms with van der Waals surface area (Å²) in [5, 5.41) is 5.16. The van der Waals surface area contributed by atoms with E-state index in [1.807, 2.05) is 13.8 Å². The number of ether oxygens (including phenoxy) is 1. The molecule has 1 fully saturated rings. The molecular formula is C15H20F2N2O2. The normalized spacial score (nSPS) is 20.5. The second-order valence-corrected chi connectivity index (χ2v) is 5.72. The van der Waals surface area contributed by atoms with Crippen LogP contribution < -0.4 is 15.4 Å². The number of carbonyl (C=O) groups excluding carboxylic acids is 1. The molecular weight excluding hydrogens is 278 g/mol. The van der Waals surface area contributed by atoms with Crippen LogP contribution in [0.1, 0.15) is 20.3 Å². The van der Waals surface area contributed by atoms with Gasteiger partial charge in [-0.1, -0.05) is 19.9 Å². The summed E-state index contributed by atoms with van der Waals surface area (Å²) in [5.74, 6) is -2.22. The Kier molecular flexibility index (Phi) is 4.77. The molecule has 2 N–H and O–H groups in total. The van der Waals surface area contributed by atoms with Crippen molar-refractivity contribution in [2.24, 2.45) is 5.92 Å². The molecule has 1 saturated heterocycles. The van der Waals surface area contributed by atoms with Gasteiger partial charge in [0.1, 0.15) is 5.75 Å². The average molecular weight is 298 g/mol. The molecule has 116 valence electrons. The summed E-state index contributed by atoms with van der Waals surface area (Å²) >= 11 is 0. The summed E-state index contributed by atoms with van der Waals surface area (Å²) in [5.41, 5.74) is 0.540. The fourth-order valence-electron chi connectivity index (χ4n) is 2.06. The molecule has 1 amide bonds. The minimum absolute atomic E-state index is 0.396. The summed E-state index contributed by atoms with van der Waals surface area (Å²) in [6, 6.07) is 6.07. The number of rotatable bonds is 5. The van der Waals surface area contributed by atoms with Crippen LogP contribution in [0.4, 0.5) is 14.5 Å². The van der Waals surface area contributed by atoms with E-state index in [1.54, 1.807) is 24.3 Å². The molecule has 1 aromatic carbocycles. The summed E-state index contributed by atoms with van der Waals surface area (Å²) in [6.07, 6.45) is -0.470. The highest BCUT2D eigenvalue weighted by Crippen LogP contribution is 2.26. The average Bonchev–Trinajstić information content (AvgIpc) is 2.77. The Morgan fingerprint density at radius 2 is 2.29 bits per heavy atom. The highest BCUT2D eigenvalue weighted by atomic mass is 19.3. The van der Waals surface area contributed by atoms with E-state index in [-0.39, 0.29) is 0 Å². The van der Waals surface area contributed by atoms with Crippen molar-refractivity contribution < 1.29 is 18.3 Å². The molecule has 0 bridgehead atoms. The van der Waals surface area contributed by atoms with E-state index in [4.69, 9.17) is 4.74 Å². The number of hydrogen-bond donors (Lipinski definition) is 2. The lowest BCUT2D eigenvalue weighted by Gasteiger charge is -2.13. The number of alkyl halides is 2. The first-order valence-electron chi connectivity index (χ1n) is 7.01. The Labute approximate surface area is 122 Å². The van der Waals surface area contributed by atoms with Crippen molar-refractivity contribution in [2.75, 3.05) is 18.5 Å². The van der Waals surface area contributed by atoms with Gasteiger partial charge in [-0.25, -0.2) is 8.78 Å². The zero-order valence-corrected chi connectivity index (χ0v) is 12.2. The molecule has 4 nitrogen and oxygen atoms in total. The van der Waals surface area contributed by atoms with Crippen molar-refractivity contribution >= 4 is 11.6 Å². The molecule has 0 aromatic heterocycles. The van der Waals surface area contributed by atoms with Crippen molar-refractivity contribution in [1.82, 2.24) is 5.32 Å². The number of amides is 1. The van der Waals surface area contributed by atoms with Crippen LogP contribution >= 0.6 is 0 Å². The number of hydrogen-bond acceptors (Lipinski definition) is 3. The van der Waals surface area contributed by atoms with Crippen molar-refractivity contribution in [1.29, 1.82) is 0 Å².